The maximum absolute atomic E-state index is 11.9. The molecule has 1 unspecified atom stereocenters. The topological polar surface area (TPSA) is 67.9 Å². The highest BCUT2D eigenvalue weighted by molar-refractivity contribution is 5.78. The number of hydrogen-bond acceptors (Lipinski definition) is 5. The maximum atomic E-state index is 11.9. The van der Waals surface area contributed by atoms with Crippen LogP contribution in [0.1, 0.15) is 33.1 Å². The number of methoxy groups -OCH3 is 1. The summed E-state index contributed by atoms with van der Waals surface area (Å²) in [6, 6.07) is 0.245. The molecule has 0 bridgehead atoms. The molecule has 116 valence electrons. The second-order valence-electron chi connectivity index (χ2n) is 5.09. The van der Waals surface area contributed by atoms with Crippen LogP contribution in [0.4, 0.5) is 0 Å². The van der Waals surface area contributed by atoms with Crippen molar-refractivity contribution in [3.05, 3.63) is 0 Å². The molecule has 0 radical (unpaired) electrons. The summed E-state index contributed by atoms with van der Waals surface area (Å²) >= 11 is 0. The SMILES string of the molecule is CCC(CC)NC(=O)CN1CCOC(CC(=O)OC)C1. The Morgan fingerprint density at radius 3 is 2.70 bits per heavy atom. The van der Waals surface area contributed by atoms with Gasteiger partial charge >= 0.3 is 5.97 Å². The van der Waals surface area contributed by atoms with Crippen LogP contribution in [0.2, 0.25) is 0 Å². The molecular weight excluding hydrogens is 260 g/mol. The molecular formula is C14H26N2O4. The van der Waals surface area contributed by atoms with Crippen LogP contribution >= 0.6 is 0 Å². The van der Waals surface area contributed by atoms with Crippen molar-refractivity contribution in [2.75, 3.05) is 33.4 Å². The van der Waals surface area contributed by atoms with Gasteiger partial charge in [0.25, 0.3) is 0 Å². The summed E-state index contributed by atoms with van der Waals surface area (Å²) in [5.41, 5.74) is 0. The highest BCUT2D eigenvalue weighted by Gasteiger charge is 2.24. The van der Waals surface area contributed by atoms with Crippen molar-refractivity contribution in [3.8, 4) is 0 Å². The van der Waals surface area contributed by atoms with Gasteiger partial charge in [0.05, 0.1) is 32.8 Å². The smallest absolute Gasteiger partial charge is 0.308 e. The molecule has 1 atom stereocenters. The molecule has 1 aliphatic rings. The first-order valence-electron chi connectivity index (χ1n) is 7.29. The Morgan fingerprint density at radius 2 is 2.10 bits per heavy atom. The summed E-state index contributed by atoms with van der Waals surface area (Å²) in [7, 11) is 1.37. The number of amides is 1. The molecule has 0 aromatic carbocycles. The van der Waals surface area contributed by atoms with Gasteiger partial charge in [-0.2, -0.15) is 0 Å². The summed E-state index contributed by atoms with van der Waals surface area (Å²) in [5, 5.41) is 3.02. The van der Waals surface area contributed by atoms with Crippen LogP contribution < -0.4 is 5.32 Å². The zero-order valence-corrected chi connectivity index (χ0v) is 12.7. The molecule has 0 spiro atoms. The zero-order valence-electron chi connectivity index (χ0n) is 12.7. The van der Waals surface area contributed by atoms with Crippen LogP contribution in [0, 0.1) is 0 Å². The lowest BCUT2D eigenvalue weighted by molar-refractivity contribution is -0.145. The maximum Gasteiger partial charge on any atom is 0.308 e. The second-order valence-corrected chi connectivity index (χ2v) is 5.09. The van der Waals surface area contributed by atoms with E-state index in [2.05, 4.69) is 23.9 Å². The van der Waals surface area contributed by atoms with Crippen LogP contribution in [-0.2, 0) is 19.1 Å². The van der Waals surface area contributed by atoms with E-state index in [0.29, 0.717) is 26.2 Å². The van der Waals surface area contributed by atoms with E-state index in [1.807, 2.05) is 4.90 Å². The van der Waals surface area contributed by atoms with Crippen molar-refractivity contribution in [1.82, 2.24) is 10.2 Å². The van der Waals surface area contributed by atoms with Gasteiger partial charge in [-0.25, -0.2) is 0 Å². The van der Waals surface area contributed by atoms with Gasteiger partial charge in [-0.3, -0.25) is 14.5 Å². The summed E-state index contributed by atoms with van der Waals surface area (Å²) in [6.07, 6.45) is 1.94. The number of rotatable bonds is 7. The Balaban J connectivity index is 2.35. The Bertz CT molecular complexity index is 318. The number of nitrogens with one attached hydrogen (secondary N) is 1. The number of nitrogens with zero attached hydrogens (tertiary/aromatic N) is 1. The largest absolute Gasteiger partial charge is 0.469 e. The third kappa shape index (κ3) is 5.88. The van der Waals surface area contributed by atoms with E-state index >= 15 is 0 Å². The summed E-state index contributed by atoms with van der Waals surface area (Å²) < 4.78 is 10.1. The molecule has 1 rings (SSSR count). The van der Waals surface area contributed by atoms with Gasteiger partial charge in [-0.1, -0.05) is 13.8 Å². The minimum Gasteiger partial charge on any atom is -0.469 e. The Hall–Kier alpha value is -1.14. The van der Waals surface area contributed by atoms with E-state index in [4.69, 9.17) is 4.74 Å². The molecule has 0 aromatic heterocycles. The predicted octanol–water partition coefficient (Wildman–Crippen LogP) is 0.555. The van der Waals surface area contributed by atoms with Crippen LogP contribution in [0.3, 0.4) is 0 Å². The van der Waals surface area contributed by atoms with Gasteiger partial charge < -0.3 is 14.8 Å². The first kappa shape index (κ1) is 16.9. The quantitative estimate of drug-likeness (QED) is 0.692. The van der Waals surface area contributed by atoms with Gasteiger partial charge in [0.1, 0.15) is 0 Å². The van der Waals surface area contributed by atoms with E-state index < -0.39 is 0 Å². The fourth-order valence-electron chi connectivity index (χ4n) is 2.29. The van der Waals surface area contributed by atoms with Gasteiger partial charge in [0, 0.05) is 19.1 Å². The zero-order chi connectivity index (χ0) is 15.0. The summed E-state index contributed by atoms with van der Waals surface area (Å²) in [5.74, 6) is -0.240. The molecule has 0 aliphatic carbocycles. The number of carbonyl (C=O) groups is 2. The molecule has 20 heavy (non-hydrogen) atoms. The molecule has 1 amide bonds. The van der Waals surface area contributed by atoms with Gasteiger partial charge in [-0.05, 0) is 12.8 Å². The lowest BCUT2D eigenvalue weighted by Gasteiger charge is -2.32. The van der Waals surface area contributed by atoms with E-state index in [1.54, 1.807) is 0 Å². The number of hydrogen-bond donors (Lipinski definition) is 1. The van der Waals surface area contributed by atoms with E-state index in [-0.39, 0.29) is 30.4 Å². The fraction of sp³-hybridized carbons (Fsp3) is 0.857. The molecule has 0 saturated carbocycles. The number of morpholine rings is 1. The van der Waals surface area contributed by atoms with E-state index in [0.717, 1.165) is 12.8 Å². The van der Waals surface area contributed by atoms with Crippen LogP contribution in [0.25, 0.3) is 0 Å². The van der Waals surface area contributed by atoms with E-state index in [1.165, 1.54) is 7.11 Å². The summed E-state index contributed by atoms with van der Waals surface area (Å²) in [6.45, 7) is 6.34. The third-order valence-electron chi connectivity index (χ3n) is 3.56. The molecule has 1 N–H and O–H groups in total. The van der Waals surface area contributed by atoms with Crippen molar-refractivity contribution in [1.29, 1.82) is 0 Å². The monoisotopic (exact) mass is 286 g/mol. The van der Waals surface area contributed by atoms with Gasteiger partial charge in [-0.15, -0.1) is 0 Å². The van der Waals surface area contributed by atoms with Crippen LogP contribution in [-0.4, -0.2) is 62.3 Å². The minimum absolute atomic E-state index is 0.0393. The standard InChI is InChI=1S/C14H26N2O4/c1-4-11(5-2)15-13(17)10-16-6-7-20-12(9-16)8-14(18)19-3/h11-12H,4-10H2,1-3H3,(H,15,17). The normalized spacial score (nSPS) is 19.9. The first-order valence-corrected chi connectivity index (χ1v) is 7.29. The molecule has 1 heterocycles. The highest BCUT2D eigenvalue weighted by atomic mass is 16.5. The Labute approximate surface area is 120 Å². The Kier molecular flexibility index (Phi) is 7.54. The molecule has 0 aromatic rings. The predicted molar refractivity (Wildman–Crippen MR) is 75.3 cm³/mol. The molecule has 6 nitrogen and oxygen atoms in total. The molecule has 1 aliphatic heterocycles. The minimum atomic E-state index is -0.279. The van der Waals surface area contributed by atoms with Crippen molar-refractivity contribution in [3.63, 3.8) is 0 Å². The fourth-order valence-corrected chi connectivity index (χ4v) is 2.29. The average molecular weight is 286 g/mol. The molecule has 1 fully saturated rings. The van der Waals surface area contributed by atoms with Gasteiger partial charge in [0.15, 0.2) is 0 Å². The Morgan fingerprint density at radius 1 is 1.40 bits per heavy atom. The van der Waals surface area contributed by atoms with Crippen molar-refractivity contribution >= 4 is 11.9 Å². The van der Waals surface area contributed by atoms with Crippen LogP contribution in [0.15, 0.2) is 0 Å². The van der Waals surface area contributed by atoms with Crippen molar-refractivity contribution < 1.29 is 19.1 Å². The lowest BCUT2D eigenvalue weighted by Crippen LogP contribution is -2.48. The van der Waals surface area contributed by atoms with Crippen molar-refractivity contribution in [2.24, 2.45) is 0 Å². The van der Waals surface area contributed by atoms with E-state index in [9.17, 15) is 9.59 Å². The lowest BCUT2D eigenvalue weighted by atomic mass is 10.1. The third-order valence-corrected chi connectivity index (χ3v) is 3.56. The molecule has 6 heteroatoms. The number of esters is 1. The number of ether oxygens (including phenoxy) is 2. The van der Waals surface area contributed by atoms with Crippen LogP contribution in [0.5, 0.6) is 0 Å². The van der Waals surface area contributed by atoms with Crippen molar-refractivity contribution in [2.45, 2.75) is 45.3 Å². The number of carbonyl (C=O) groups excluding carboxylic acids is 2. The van der Waals surface area contributed by atoms with Gasteiger partial charge in [0.2, 0.25) is 5.91 Å². The average Bonchev–Trinajstić information content (AvgIpc) is 2.44. The first-order chi connectivity index (χ1) is 9.58. The second kappa shape index (κ2) is 8.92. The molecule has 1 saturated heterocycles. The highest BCUT2D eigenvalue weighted by Crippen LogP contribution is 2.09. The summed E-state index contributed by atoms with van der Waals surface area (Å²) in [4.78, 5) is 25.2.